The number of hydrogen-bond donors (Lipinski definition) is 2. The van der Waals surface area contributed by atoms with Gasteiger partial charge in [0, 0.05) is 18.2 Å². The van der Waals surface area contributed by atoms with Crippen molar-refractivity contribution in [3.63, 3.8) is 0 Å². The third kappa shape index (κ3) is 3.87. The van der Waals surface area contributed by atoms with Gasteiger partial charge in [0.15, 0.2) is 0 Å². The summed E-state index contributed by atoms with van der Waals surface area (Å²) < 4.78 is 5.16. The summed E-state index contributed by atoms with van der Waals surface area (Å²) in [5.74, 6) is -0.0765. The number of nitrogens with two attached hydrogens (primary N) is 1. The van der Waals surface area contributed by atoms with Crippen LogP contribution in [0.1, 0.15) is 37.2 Å². The molecule has 0 fully saturated rings. The number of halogens is 1. The van der Waals surface area contributed by atoms with Gasteiger partial charge in [-0.2, -0.15) is 0 Å². The Labute approximate surface area is 136 Å². The number of aromatic nitrogens is 1. The molecule has 0 atom stereocenters. The quantitative estimate of drug-likeness (QED) is 0.856. The Bertz CT molecular complexity index is 586. The fourth-order valence-corrected chi connectivity index (χ4v) is 2.20. The van der Waals surface area contributed by atoms with Gasteiger partial charge in [0.2, 0.25) is 5.76 Å². The van der Waals surface area contributed by atoms with Gasteiger partial charge in [-0.1, -0.05) is 49.3 Å². The summed E-state index contributed by atoms with van der Waals surface area (Å²) in [7, 11) is 0. The van der Waals surface area contributed by atoms with Gasteiger partial charge in [0.25, 0.3) is 5.91 Å². The maximum Gasteiger partial charge on any atom is 0.290 e. The van der Waals surface area contributed by atoms with E-state index in [1.54, 1.807) is 6.07 Å². The summed E-state index contributed by atoms with van der Waals surface area (Å²) in [4.78, 5) is 12.3. The highest BCUT2D eigenvalue weighted by molar-refractivity contribution is 5.92. The Kier molecular flexibility index (Phi) is 6.59. The van der Waals surface area contributed by atoms with Gasteiger partial charge >= 0.3 is 0 Å². The topological polar surface area (TPSA) is 81.1 Å². The molecule has 6 heteroatoms. The molecule has 0 spiro atoms. The summed E-state index contributed by atoms with van der Waals surface area (Å²) in [6.45, 7) is 4.41. The lowest BCUT2D eigenvalue weighted by atomic mass is 9.93. The van der Waals surface area contributed by atoms with Crippen LogP contribution in [0.5, 0.6) is 0 Å². The largest absolute Gasteiger partial charge is 0.350 e. The van der Waals surface area contributed by atoms with Crippen LogP contribution in [0, 0.1) is 0 Å². The molecule has 0 saturated heterocycles. The minimum Gasteiger partial charge on any atom is -0.350 e. The van der Waals surface area contributed by atoms with E-state index in [4.69, 9.17) is 10.3 Å². The van der Waals surface area contributed by atoms with Crippen molar-refractivity contribution >= 4 is 18.3 Å². The third-order valence-electron chi connectivity index (χ3n) is 3.93. The molecule has 0 radical (unpaired) electrons. The molecule has 120 valence electrons. The molecule has 2 aromatic rings. The average Bonchev–Trinajstić information content (AvgIpc) is 3.04. The average molecular weight is 324 g/mol. The van der Waals surface area contributed by atoms with Crippen molar-refractivity contribution in [2.45, 2.75) is 32.2 Å². The number of nitrogens with zero attached hydrogens (tertiary/aromatic N) is 1. The van der Waals surface area contributed by atoms with E-state index in [2.05, 4.69) is 10.5 Å². The van der Waals surface area contributed by atoms with E-state index in [0.29, 0.717) is 12.2 Å². The minimum atomic E-state index is -0.392. The normalized spacial score (nSPS) is 10.9. The van der Waals surface area contributed by atoms with Gasteiger partial charge in [-0.15, -0.1) is 12.4 Å². The molecule has 1 aromatic heterocycles. The Balaban J connectivity index is 0.00000242. The molecule has 0 saturated carbocycles. The van der Waals surface area contributed by atoms with Crippen molar-refractivity contribution in [2.24, 2.45) is 5.73 Å². The second-order valence-corrected chi connectivity index (χ2v) is 5.09. The molecular weight excluding hydrogens is 302 g/mol. The molecule has 0 aliphatic carbocycles. The molecule has 5 nitrogen and oxygen atoms in total. The zero-order valence-electron chi connectivity index (χ0n) is 12.8. The summed E-state index contributed by atoms with van der Waals surface area (Å²) in [6.07, 6.45) is 1.54. The van der Waals surface area contributed by atoms with E-state index >= 15 is 0 Å². The zero-order chi connectivity index (χ0) is 15.3. The van der Waals surface area contributed by atoms with E-state index in [1.165, 1.54) is 0 Å². The maximum absolute atomic E-state index is 12.3. The van der Waals surface area contributed by atoms with E-state index in [9.17, 15) is 4.79 Å². The first-order valence-electron chi connectivity index (χ1n) is 7.19. The summed E-state index contributed by atoms with van der Waals surface area (Å²) in [5, 5.41) is 6.91. The molecule has 0 unspecified atom stereocenters. The van der Waals surface area contributed by atoms with Crippen molar-refractivity contribution < 1.29 is 9.32 Å². The van der Waals surface area contributed by atoms with Crippen LogP contribution in [0.2, 0.25) is 0 Å². The molecule has 1 aromatic carbocycles. The Morgan fingerprint density at radius 2 is 1.91 bits per heavy atom. The molecule has 22 heavy (non-hydrogen) atoms. The summed E-state index contributed by atoms with van der Waals surface area (Å²) in [5.41, 5.74) is 6.96. The van der Waals surface area contributed by atoms with Crippen LogP contribution < -0.4 is 11.1 Å². The van der Waals surface area contributed by atoms with Gasteiger partial charge in [-0.05, 0) is 12.8 Å². The van der Waals surface area contributed by atoms with Gasteiger partial charge in [-0.3, -0.25) is 4.79 Å². The van der Waals surface area contributed by atoms with Crippen LogP contribution in [0.4, 0.5) is 0 Å². The van der Waals surface area contributed by atoms with E-state index in [-0.39, 0.29) is 24.1 Å². The molecule has 1 amide bonds. The number of nitrogens with one attached hydrogen (secondary N) is 1. The van der Waals surface area contributed by atoms with Crippen LogP contribution in [0.3, 0.4) is 0 Å². The standard InChI is InChI=1S/C16H21N3O2.ClH/c1-3-16(4-2,11-17)18-15(20)14-10-13(19-21-14)12-8-6-5-7-9-12;/h5-10H,3-4,11,17H2,1-2H3,(H,18,20);1H. The SMILES string of the molecule is CCC(CC)(CN)NC(=O)c1cc(-c2ccccc2)no1.Cl. The lowest BCUT2D eigenvalue weighted by Crippen LogP contribution is -2.52. The van der Waals surface area contributed by atoms with Crippen LogP contribution in [-0.2, 0) is 0 Å². The Hall–Kier alpha value is -1.85. The van der Waals surface area contributed by atoms with Gasteiger partial charge in [0.1, 0.15) is 5.69 Å². The van der Waals surface area contributed by atoms with Crippen molar-refractivity contribution in [1.29, 1.82) is 0 Å². The number of carbonyl (C=O) groups is 1. The highest BCUT2D eigenvalue weighted by Gasteiger charge is 2.28. The maximum atomic E-state index is 12.3. The van der Waals surface area contributed by atoms with Crippen LogP contribution in [-0.4, -0.2) is 23.1 Å². The van der Waals surface area contributed by atoms with Gasteiger partial charge in [0.05, 0.1) is 5.54 Å². The lowest BCUT2D eigenvalue weighted by molar-refractivity contribution is 0.0857. The molecule has 3 N–H and O–H groups in total. The van der Waals surface area contributed by atoms with Crippen molar-refractivity contribution in [3.05, 3.63) is 42.2 Å². The second kappa shape index (κ2) is 7.96. The van der Waals surface area contributed by atoms with Crippen molar-refractivity contribution in [3.8, 4) is 11.3 Å². The molecule has 0 aliphatic heterocycles. The van der Waals surface area contributed by atoms with Gasteiger partial charge < -0.3 is 15.6 Å². The lowest BCUT2D eigenvalue weighted by Gasteiger charge is -2.30. The smallest absolute Gasteiger partial charge is 0.290 e. The number of benzene rings is 1. The predicted molar refractivity (Wildman–Crippen MR) is 89.0 cm³/mol. The Morgan fingerprint density at radius 1 is 1.27 bits per heavy atom. The molecular formula is C16H22ClN3O2. The third-order valence-corrected chi connectivity index (χ3v) is 3.93. The second-order valence-electron chi connectivity index (χ2n) is 5.09. The fraction of sp³-hybridized carbons (Fsp3) is 0.375. The first-order valence-corrected chi connectivity index (χ1v) is 7.19. The highest BCUT2D eigenvalue weighted by atomic mass is 35.5. The van der Waals surface area contributed by atoms with E-state index in [1.807, 2.05) is 44.2 Å². The Morgan fingerprint density at radius 3 is 2.45 bits per heavy atom. The van der Waals surface area contributed by atoms with Crippen LogP contribution in [0.15, 0.2) is 40.9 Å². The van der Waals surface area contributed by atoms with Crippen molar-refractivity contribution in [1.82, 2.24) is 10.5 Å². The molecule has 2 rings (SSSR count). The summed E-state index contributed by atoms with van der Waals surface area (Å²) >= 11 is 0. The number of hydrogen-bond acceptors (Lipinski definition) is 4. The van der Waals surface area contributed by atoms with Crippen LogP contribution >= 0.6 is 12.4 Å². The molecule has 0 aliphatic rings. The first-order chi connectivity index (χ1) is 10.1. The predicted octanol–water partition coefficient (Wildman–Crippen LogP) is 3.01. The van der Waals surface area contributed by atoms with Crippen molar-refractivity contribution in [2.75, 3.05) is 6.54 Å². The number of rotatable bonds is 6. The first kappa shape index (κ1) is 18.2. The summed E-state index contributed by atoms with van der Waals surface area (Å²) in [6, 6.07) is 11.2. The van der Waals surface area contributed by atoms with E-state index in [0.717, 1.165) is 18.4 Å². The number of carbonyl (C=O) groups excluding carboxylic acids is 1. The van der Waals surface area contributed by atoms with Crippen LogP contribution in [0.25, 0.3) is 11.3 Å². The van der Waals surface area contributed by atoms with E-state index < -0.39 is 5.54 Å². The fourth-order valence-electron chi connectivity index (χ4n) is 2.20. The molecule has 1 heterocycles. The highest BCUT2D eigenvalue weighted by Crippen LogP contribution is 2.20. The molecule has 0 bridgehead atoms. The van der Waals surface area contributed by atoms with Gasteiger partial charge in [-0.25, -0.2) is 0 Å². The number of amides is 1. The monoisotopic (exact) mass is 323 g/mol. The minimum absolute atomic E-state index is 0. The zero-order valence-corrected chi connectivity index (χ0v) is 13.7.